The minimum atomic E-state index is -0.923. The molecule has 0 radical (unpaired) electrons. The van der Waals surface area contributed by atoms with Crippen LogP contribution in [-0.4, -0.2) is 74.5 Å². The van der Waals surface area contributed by atoms with Gasteiger partial charge >= 0.3 is 6.01 Å². The molecule has 1 saturated carbocycles. The van der Waals surface area contributed by atoms with Gasteiger partial charge in [0.05, 0.1) is 18.1 Å². The summed E-state index contributed by atoms with van der Waals surface area (Å²) in [5, 5.41) is 11.1. The maximum absolute atomic E-state index is 16.9. The standard InChI is InChI=1S/C33H34ClF2N7O3/c1-17(21-4-2-8-38-29(21)37)43-10-11-45-31-25-28(26(36)27(39-31)22-12-20(44)13-23(34)24(22)18-5-6-18)40-32(41-30(25)43)46-16-33-7-3-9-42(33)15-19(35)14-33/h2,4,8,12-13,17-19,44H,3,5-7,9-11,14-16H2,1H3,(H2,37,38)/t17?,19-,33+/m1/s1. The molecule has 3 aliphatic heterocycles. The summed E-state index contributed by atoms with van der Waals surface area (Å²) in [6.45, 7) is 3.94. The molecule has 8 rings (SSSR count). The number of alkyl halides is 1. The number of nitrogens with two attached hydrogens (primary N) is 1. The number of rotatable bonds is 7. The second-order valence-corrected chi connectivity index (χ2v) is 13.3. The first-order chi connectivity index (χ1) is 22.2. The van der Waals surface area contributed by atoms with E-state index in [-0.39, 0.29) is 54.0 Å². The molecule has 1 aliphatic carbocycles. The molecule has 4 aromatic rings. The van der Waals surface area contributed by atoms with Crippen LogP contribution in [0.2, 0.25) is 5.02 Å². The molecule has 3 N–H and O–H groups in total. The molecule has 6 heterocycles. The van der Waals surface area contributed by atoms with E-state index in [4.69, 9.17) is 31.8 Å². The van der Waals surface area contributed by atoms with Gasteiger partial charge in [0.15, 0.2) is 5.82 Å². The Labute approximate surface area is 269 Å². The molecule has 3 atom stereocenters. The molecule has 3 aromatic heterocycles. The van der Waals surface area contributed by atoms with Gasteiger partial charge < -0.3 is 25.2 Å². The number of ether oxygens (including phenoxy) is 2. The van der Waals surface area contributed by atoms with Crippen LogP contribution in [0, 0.1) is 5.82 Å². The number of nitrogens with zero attached hydrogens (tertiary/aromatic N) is 6. The van der Waals surface area contributed by atoms with Crippen molar-refractivity contribution in [3.05, 3.63) is 52.4 Å². The van der Waals surface area contributed by atoms with E-state index in [0.717, 1.165) is 43.4 Å². The molecule has 0 amide bonds. The molecule has 3 fully saturated rings. The first-order valence-corrected chi connectivity index (χ1v) is 16.2. The van der Waals surface area contributed by atoms with Crippen LogP contribution in [0.1, 0.15) is 62.1 Å². The topological polar surface area (TPSA) is 123 Å². The van der Waals surface area contributed by atoms with Crippen molar-refractivity contribution in [2.45, 2.75) is 62.7 Å². The van der Waals surface area contributed by atoms with Gasteiger partial charge in [-0.3, -0.25) is 4.90 Å². The quantitative estimate of drug-likeness (QED) is 0.248. The molecular formula is C33H34ClF2N7O3. The minimum absolute atomic E-state index is 0.0209. The highest BCUT2D eigenvalue weighted by atomic mass is 35.5. The molecule has 0 bridgehead atoms. The maximum atomic E-state index is 16.9. The lowest BCUT2D eigenvalue weighted by Crippen LogP contribution is -2.43. The third-order valence-corrected chi connectivity index (χ3v) is 10.2. The van der Waals surface area contributed by atoms with Crippen LogP contribution < -0.4 is 20.1 Å². The predicted octanol–water partition coefficient (Wildman–Crippen LogP) is 5.96. The average molecular weight is 650 g/mol. The van der Waals surface area contributed by atoms with Gasteiger partial charge in [0.2, 0.25) is 5.88 Å². The summed E-state index contributed by atoms with van der Waals surface area (Å²) < 4.78 is 43.9. The molecule has 13 heteroatoms. The lowest BCUT2D eigenvalue weighted by molar-refractivity contribution is 0.107. The molecule has 0 spiro atoms. The number of nitrogen functional groups attached to an aromatic ring is 1. The second-order valence-electron chi connectivity index (χ2n) is 12.9. The molecule has 1 unspecified atom stereocenters. The van der Waals surface area contributed by atoms with E-state index < -0.39 is 17.5 Å². The molecule has 1 aromatic carbocycles. The van der Waals surface area contributed by atoms with Gasteiger partial charge in [0, 0.05) is 35.3 Å². The summed E-state index contributed by atoms with van der Waals surface area (Å²) in [4.78, 5) is 22.5. The lowest BCUT2D eigenvalue weighted by Gasteiger charge is -2.32. The van der Waals surface area contributed by atoms with E-state index in [1.54, 1.807) is 6.20 Å². The third kappa shape index (κ3) is 4.84. The van der Waals surface area contributed by atoms with Crippen molar-refractivity contribution in [2.24, 2.45) is 0 Å². The molecule has 4 aliphatic rings. The number of phenolic OH excluding ortho intramolecular Hbond substituents is 1. The molecule has 46 heavy (non-hydrogen) atoms. The molecule has 240 valence electrons. The first kappa shape index (κ1) is 29.4. The van der Waals surface area contributed by atoms with Gasteiger partial charge in [-0.2, -0.15) is 9.97 Å². The number of fused-ring (bicyclic) bond motifs is 1. The van der Waals surface area contributed by atoms with Crippen molar-refractivity contribution in [1.29, 1.82) is 0 Å². The number of pyridine rings is 2. The van der Waals surface area contributed by atoms with Crippen molar-refractivity contribution < 1.29 is 23.4 Å². The maximum Gasteiger partial charge on any atom is 0.319 e. The van der Waals surface area contributed by atoms with E-state index in [2.05, 4.69) is 19.9 Å². The Kier molecular flexibility index (Phi) is 7.06. The van der Waals surface area contributed by atoms with Crippen LogP contribution >= 0.6 is 11.6 Å². The highest BCUT2D eigenvalue weighted by Crippen LogP contribution is 2.50. The first-order valence-electron chi connectivity index (χ1n) is 15.8. The van der Waals surface area contributed by atoms with Crippen LogP contribution in [0.5, 0.6) is 17.6 Å². The Morgan fingerprint density at radius 2 is 2.09 bits per heavy atom. The second kappa shape index (κ2) is 11.0. The Morgan fingerprint density at radius 3 is 2.89 bits per heavy atom. The van der Waals surface area contributed by atoms with E-state index in [0.29, 0.717) is 47.1 Å². The van der Waals surface area contributed by atoms with E-state index in [1.165, 1.54) is 12.1 Å². The van der Waals surface area contributed by atoms with Crippen LogP contribution in [0.4, 0.5) is 20.4 Å². The lowest BCUT2D eigenvalue weighted by atomic mass is 9.95. The molecular weight excluding hydrogens is 616 g/mol. The zero-order valence-electron chi connectivity index (χ0n) is 25.3. The van der Waals surface area contributed by atoms with Crippen LogP contribution in [0.15, 0.2) is 30.5 Å². The van der Waals surface area contributed by atoms with Crippen LogP contribution in [-0.2, 0) is 0 Å². The van der Waals surface area contributed by atoms with Crippen LogP contribution in [0.25, 0.3) is 22.2 Å². The monoisotopic (exact) mass is 649 g/mol. The zero-order valence-corrected chi connectivity index (χ0v) is 26.1. The van der Waals surface area contributed by atoms with E-state index >= 15 is 4.39 Å². The Bertz CT molecular complexity index is 1860. The predicted molar refractivity (Wildman–Crippen MR) is 170 cm³/mol. The summed E-state index contributed by atoms with van der Waals surface area (Å²) in [5.41, 5.74) is 7.68. The highest BCUT2D eigenvalue weighted by molar-refractivity contribution is 6.32. The van der Waals surface area contributed by atoms with Gasteiger partial charge in [-0.1, -0.05) is 17.7 Å². The van der Waals surface area contributed by atoms with Gasteiger partial charge in [-0.05, 0) is 68.8 Å². The van der Waals surface area contributed by atoms with Crippen molar-refractivity contribution in [1.82, 2.24) is 24.8 Å². The summed E-state index contributed by atoms with van der Waals surface area (Å²) in [6.07, 6.45) is 4.65. The number of anilines is 2. The summed E-state index contributed by atoms with van der Waals surface area (Å²) in [6, 6.07) is 6.31. The number of halogens is 3. The van der Waals surface area contributed by atoms with Gasteiger partial charge in [-0.25, -0.2) is 18.7 Å². The van der Waals surface area contributed by atoms with Gasteiger partial charge in [0.25, 0.3) is 0 Å². The van der Waals surface area contributed by atoms with Crippen molar-refractivity contribution in [3.63, 3.8) is 0 Å². The van der Waals surface area contributed by atoms with Crippen LogP contribution in [0.3, 0.4) is 0 Å². The zero-order chi connectivity index (χ0) is 31.7. The fourth-order valence-electron chi connectivity index (χ4n) is 7.57. The number of aromatic hydroxyl groups is 1. The third-order valence-electron chi connectivity index (χ3n) is 9.93. The fourth-order valence-corrected chi connectivity index (χ4v) is 7.94. The van der Waals surface area contributed by atoms with Crippen molar-refractivity contribution in [3.8, 4) is 28.9 Å². The number of hydrogen-bond donors (Lipinski definition) is 2. The normalized spacial score (nSPS) is 23.3. The smallest absolute Gasteiger partial charge is 0.319 e. The van der Waals surface area contributed by atoms with E-state index in [1.807, 2.05) is 24.0 Å². The summed E-state index contributed by atoms with van der Waals surface area (Å²) in [5.74, 6) is 0.258. The summed E-state index contributed by atoms with van der Waals surface area (Å²) >= 11 is 6.59. The summed E-state index contributed by atoms with van der Waals surface area (Å²) in [7, 11) is 0. The van der Waals surface area contributed by atoms with E-state index in [9.17, 15) is 9.50 Å². The minimum Gasteiger partial charge on any atom is -0.508 e. The van der Waals surface area contributed by atoms with Crippen molar-refractivity contribution in [2.75, 3.05) is 43.5 Å². The Hall–Kier alpha value is -4.03. The largest absolute Gasteiger partial charge is 0.508 e. The SMILES string of the molecule is CC(c1cccnc1N)N1CCOc2nc(-c3cc(O)cc(Cl)c3C3CC3)c(F)c3nc(OC[C@@]45CCCN4C[C@H](F)C5)nc1c23. The highest BCUT2D eigenvalue weighted by Gasteiger charge is 2.49. The number of aromatic nitrogens is 4. The average Bonchev–Trinajstić information content (AvgIpc) is 3.75. The molecule has 2 saturated heterocycles. The Morgan fingerprint density at radius 1 is 1.24 bits per heavy atom. The van der Waals surface area contributed by atoms with Gasteiger partial charge in [-0.15, -0.1) is 0 Å². The fraction of sp³-hybridized carbons (Fsp3) is 0.455. The number of hydrogen-bond acceptors (Lipinski definition) is 10. The van der Waals surface area contributed by atoms with Crippen molar-refractivity contribution >= 4 is 34.1 Å². The van der Waals surface area contributed by atoms with Gasteiger partial charge in [0.1, 0.15) is 53.4 Å². The number of benzene rings is 1. The molecule has 10 nitrogen and oxygen atoms in total. The number of phenols is 1. The Balaban J connectivity index is 1.30.